The molecule has 0 radical (unpaired) electrons. The average Bonchev–Trinajstić information content (AvgIpc) is 2.22. The molecule has 0 aliphatic rings. The van der Waals surface area contributed by atoms with Gasteiger partial charge in [-0.1, -0.05) is 0 Å². The number of hydrogen-bond acceptors (Lipinski definition) is 4. The van der Waals surface area contributed by atoms with Gasteiger partial charge in [-0.3, -0.25) is 4.79 Å². The van der Waals surface area contributed by atoms with Crippen molar-refractivity contribution in [2.24, 2.45) is 0 Å². The summed E-state index contributed by atoms with van der Waals surface area (Å²) in [6.07, 6.45) is -2.80. The summed E-state index contributed by atoms with van der Waals surface area (Å²) >= 11 is 1.73. The van der Waals surface area contributed by atoms with E-state index in [0.717, 1.165) is 6.07 Å². The summed E-state index contributed by atoms with van der Waals surface area (Å²) in [5.74, 6) is -0.538. The quantitative estimate of drug-likeness (QED) is 0.664. The molecule has 0 aliphatic heterocycles. The molecule has 7 heteroatoms. The van der Waals surface area contributed by atoms with Gasteiger partial charge in [0, 0.05) is 9.13 Å². The minimum absolute atomic E-state index is 0.0278. The number of hydrogen-bond donors (Lipinski definition) is 1. The van der Waals surface area contributed by atoms with Crippen molar-refractivity contribution in [1.29, 1.82) is 0 Å². The molecule has 0 aromatic carbocycles. The van der Waals surface area contributed by atoms with Gasteiger partial charge in [-0.2, -0.15) is 0 Å². The second-order valence-corrected chi connectivity index (χ2v) is 4.26. The Morgan fingerprint density at radius 2 is 2.29 bits per heavy atom. The molecule has 1 heterocycles. The predicted molar refractivity (Wildman–Crippen MR) is 66.7 cm³/mol. The number of rotatable bonds is 4. The molecule has 0 atom stereocenters. The van der Waals surface area contributed by atoms with Crippen molar-refractivity contribution >= 4 is 34.4 Å². The second kappa shape index (κ2) is 6.08. The Bertz CT molecular complexity index is 427. The van der Waals surface area contributed by atoms with Crippen LogP contribution in [0.3, 0.4) is 0 Å². The van der Waals surface area contributed by atoms with Gasteiger partial charge in [0.25, 0.3) is 6.43 Å². The largest absolute Gasteiger partial charge is 0.466 e. The van der Waals surface area contributed by atoms with Crippen LogP contribution in [0.15, 0.2) is 6.07 Å². The Hall–Kier alpha value is -0.990. The van der Waals surface area contributed by atoms with Gasteiger partial charge in [0.05, 0.1) is 18.7 Å². The van der Waals surface area contributed by atoms with Gasteiger partial charge in [0.2, 0.25) is 0 Å². The van der Waals surface area contributed by atoms with Gasteiger partial charge in [-0.05, 0) is 35.6 Å². The monoisotopic (exact) mass is 356 g/mol. The molecule has 2 N–H and O–H groups in total. The Morgan fingerprint density at radius 3 is 2.82 bits per heavy atom. The van der Waals surface area contributed by atoms with Gasteiger partial charge in [0.1, 0.15) is 5.82 Å². The number of anilines is 1. The highest BCUT2D eigenvalue weighted by Gasteiger charge is 2.18. The van der Waals surface area contributed by atoms with E-state index in [0.29, 0.717) is 0 Å². The van der Waals surface area contributed by atoms with Crippen LogP contribution in [-0.2, 0) is 16.0 Å². The highest BCUT2D eigenvalue weighted by molar-refractivity contribution is 14.1. The first kappa shape index (κ1) is 14.1. The number of alkyl halides is 2. The van der Waals surface area contributed by atoms with E-state index < -0.39 is 12.4 Å². The fourth-order valence-corrected chi connectivity index (χ4v) is 1.95. The molecule has 94 valence electrons. The summed E-state index contributed by atoms with van der Waals surface area (Å²) in [5, 5.41) is 0. The van der Waals surface area contributed by atoms with Crippen molar-refractivity contribution in [2.75, 3.05) is 12.3 Å². The van der Waals surface area contributed by atoms with E-state index in [-0.39, 0.29) is 33.7 Å². The van der Waals surface area contributed by atoms with E-state index in [4.69, 9.17) is 10.5 Å². The van der Waals surface area contributed by atoms with Crippen LogP contribution in [0.5, 0.6) is 0 Å². The van der Waals surface area contributed by atoms with Crippen LogP contribution in [-0.4, -0.2) is 17.6 Å². The van der Waals surface area contributed by atoms with Crippen molar-refractivity contribution in [3.05, 3.63) is 20.9 Å². The Kier molecular flexibility index (Phi) is 5.03. The molecular formula is C10H11F2IN2O2. The Balaban J connectivity index is 3.03. The van der Waals surface area contributed by atoms with Crippen molar-refractivity contribution < 1.29 is 18.3 Å². The van der Waals surface area contributed by atoms with Crippen LogP contribution in [0, 0.1) is 3.57 Å². The van der Waals surface area contributed by atoms with Crippen LogP contribution in [0.4, 0.5) is 14.6 Å². The van der Waals surface area contributed by atoms with Crippen LogP contribution in [0.1, 0.15) is 24.6 Å². The smallest absolute Gasteiger partial charge is 0.311 e. The average molecular weight is 356 g/mol. The fourth-order valence-electron chi connectivity index (χ4n) is 1.25. The Labute approximate surface area is 111 Å². The van der Waals surface area contributed by atoms with Crippen LogP contribution in [0.2, 0.25) is 0 Å². The van der Waals surface area contributed by atoms with Gasteiger partial charge in [-0.15, -0.1) is 0 Å². The maximum atomic E-state index is 12.7. The number of nitrogens with two attached hydrogens (primary N) is 1. The first-order chi connectivity index (χ1) is 7.95. The van der Waals surface area contributed by atoms with Crippen LogP contribution < -0.4 is 5.73 Å². The van der Waals surface area contributed by atoms with Gasteiger partial charge >= 0.3 is 5.97 Å². The molecule has 0 saturated heterocycles. The number of nitrogens with zero attached hydrogens (tertiary/aromatic N) is 1. The van der Waals surface area contributed by atoms with Gasteiger partial charge in [0.15, 0.2) is 0 Å². The van der Waals surface area contributed by atoms with Crippen molar-refractivity contribution in [1.82, 2.24) is 4.98 Å². The molecular weight excluding hydrogens is 345 g/mol. The number of pyridine rings is 1. The Morgan fingerprint density at radius 1 is 1.65 bits per heavy atom. The van der Waals surface area contributed by atoms with E-state index in [1.807, 2.05) is 0 Å². The minimum Gasteiger partial charge on any atom is -0.466 e. The molecule has 0 fully saturated rings. The lowest BCUT2D eigenvalue weighted by Crippen LogP contribution is -2.12. The zero-order chi connectivity index (χ0) is 13.0. The molecule has 4 nitrogen and oxygen atoms in total. The summed E-state index contributed by atoms with van der Waals surface area (Å²) in [4.78, 5) is 15.1. The molecule has 0 aliphatic carbocycles. The summed E-state index contributed by atoms with van der Waals surface area (Å²) in [6.45, 7) is 1.90. The third-order valence-corrected chi connectivity index (χ3v) is 3.17. The van der Waals surface area contributed by atoms with Crippen molar-refractivity contribution in [3.63, 3.8) is 0 Å². The van der Waals surface area contributed by atoms with E-state index in [2.05, 4.69) is 4.98 Å². The molecule has 0 amide bonds. The molecule has 1 aromatic heterocycles. The lowest BCUT2D eigenvalue weighted by molar-refractivity contribution is -0.142. The predicted octanol–water partition coefficient (Wildman–Crippen LogP) is 2.31. The highest BCUT2D eigenvalue weighted by Crippen LogP contribution is 2.28. The van der Waals surface area contributed by atoms with Gasteiger partial charge < -0.3 is 10.5 Å². The fraction of sp³-hybridized carbons (Fsp3) is 0.400. The van der Waals surface area contributed by atoms with Crippen molar-refractivity contribution in [3.8, 4) is 0 Å². The zero-order valence-electron chi connectivity index (χ0n) is 9.04. The number of halogens is 3. The SMILES string of the molecule is CCOC(=O)Cc1nc(N)cc(C(F)F)c1I. The maximum Gasteiger partial charge on any atom is 0.311 e. The maximum absolute atomic E-state index is 12.7. The number of esters is 1. The molecule has 0 spiro atoms. The standard InChI is InChI=1S/C10H11F2IN2O2/c1-2-17-8(16)4-6-9(13)5(10(11)12)3-7(14)15-6/h3,10H,2,4H2,1H3,(H2,14,15). The van der Waals surface area contributed by atoms with Crippen LogP contribution in [0.25, 0.3) is 0 Å². The highest BCUT2D eigenvalue weighted by atomic mass is 127. The summed E-state index contributed by atoms with van der Waals surface area (Å²) in [7, 11) is 0. The van der Waals surface area contributed by atoms with E-state index in [9.17, 15) is 13.6 Å². The lowest BCUT2D eigenvalue weighted by Gasteiger charge is -2.09. The zero-order valence-corrected chi connectivity index (χ0v) is 11.2. The number of nitrogen functional groups attached to an aromatic ring is 1. The van der Waals surface area contributed by atoms with E-state index >= 15 is 0 Å². The minimum atomic E-state index is -2.65. The third kappa shape index (κ3) is 3.76. The number of aromatic nitrogens is 1. The molecule has 1 aromatic rings. The van der Waals surface area contributed by atoms with Gasteiger partial charge in [-0.25, -0.2) is 13.8 Å². The summed E-state index contributed by atoms with van der Waals surface area (Å²) in [6, 6.07) is 1.11. The lowest BCUT2D eigenvalue weighted by atomic mass is 10.2. The van der Waals surface area contributed by atoms with E-state index in [1.54, 1.807) is 29.5 Å². The van der Waals surface area contributed by atoms with E-state index in [1.165, 1.54) is 0 Å². The summed E-state index contributed by atoms with van der Waals surface area (Å²) in [5.41, 5.74) is 5.43. The summed E-state index contributed by atoms with van der Waals surface area (Å²) < 4.78 is 30.3. The number of carbonyl (C=O) groups excluding carboxylic acids is 1. The molecule has 0 saturated carbocycles. The molecule has 0 bridgehead atoms. The van der Waals surface area contributed by atoms with Crippen molar-refractivity contribution in [2.45, 2.75) is 19.8 Å². The second-order valence-electron chi connectivity index (χ2n) is 3.18. The first-order valence-electron chi connectivity index (χ1n) is 4.84. The third-order valence-electron chi connectivity index (χ3n) is 1.93. The first-order valence-corrected chi connectivity index (χ1v) is 5.92. The molecule has 17 heavy (non-hydrogen) atoms. The normalized spacial score (nSPS) is 10.6. The molecule has 1 rings (SSSR count). The van der Waals surface area contributed by atoms with Crippen LogP contribution >= 0.6 is 22.6 Å². The number of carbonyl (C=O) groups is 1. The molecule has 0 unspecified atom stereocenters. The number of ether oxygens (including phenoxy) is 1. The topological polar surface area (TPSA) is 65.2 Å².